The Kier molecular flexibility index (Phi) is 4.92. The standard InChI is InChI=1S/C14H16BrNOS/c1-10(11-3-6-13(18-2)7-4-11)16-9-12-5-8-14(15)17-12/h3-8,10,16H,9H2,1-2H3. The summed E-state index contributed by atoms with van der Waals surface area (Å²) in [6, 6.07) is 12.8. The van der Waals surface area contributed by atoms with Crippen LogP contribution in [0.15, 0.2) is 50.4 Å². The van der Waals surface area contributed by atoms with E-state index in [0.29, 0.717) is 6.04 Å². The maximum atomic E-state index is 5.46. The Bertz CT molecular complexity index is 495. The second-order valence-corrected chi connectivity index (χ2v) is 5.74. The molecule has 0 radical (unpaired) electrons. The molecular weight excluding hydrogens is 310 g/mol. The summed E-state index contributed by atoms with van der Waals surface area (Å²) in [6.45, 7) is 2.89. The minimum atomic E-state index is 0.310. The molecule has 0 aliphatic rings. The third-order valence-electron chi connectivity index (χ3n) is 2.83. The van der Waals surface area contributed by atoms with Crippen LogP contribution in [0.1, 0.15) is 24.3 Å². The van der Waals surface area contributed by atoms with E-state index in [9.17, 15) is 0 Å². The molecule has 0 bridgehead atoms. The number of hydrogen-bond acceptors (Lipinski definition) is 3. The van der Waals surface area contributed by atoms with Crippen LogP contribution in [-0.4, -0.2) is 6.26 Å². The number of furan rings is 1. The maximum absolute atomic E-state index is 5.46. The van der Waals surface area contributed by atoms with Crippen LogP contribution in [0.25, 0.3) is 0 Å². The van der Waals surface area contributed by atoms with E-state index in [1.807, 2.05) is 12.1 Å². The van der Waals surface area contributed by atoms with Gasteiger partial charge in [-0.15, -0.1) is 11.8 Å². The van der Waals surface area contributed by atoms with Crippen LogP contribution in [0.2, 0.25) is 0 Å². The first-order valence-corrected chi connectivity index (χ1v) is 7.82. The van der Waals surface area contributed by atoms with E-state index in [1.165, 1.54) is 10.5 Å². The van der Waals surface area contributed by atoms with Crippen molar-refractivity contribution in [3.05, 3.63) is 52.4 Å². The fourth-order valence-corrected chi connectivity index (χ4v) is 2.46. The Balaban J connectivity index is 1.92. The zero-order valence-corrected chi connectivity index (χ0v) is 12.8. The molecule has 0 fully saturated rings. The van der Waals surface area contributed by atoms with Crippen molar-refractivity contribution in [1.82, 2.24) is 5.32 Å². The number of thioether (sulfide) groups is 1. The molecule has 4 heteroatoms. The van der Waals surface area contributed by atoms with Crippen LogP contribution >= 0.6 is 27.7 Å². The van der Waals surface area contributed by atoms with Crippen molar-refractivity contribution >= 4 is 27.7 Å². The summed E-state index contributed by atoms with van der Waals surface area (Å²) in [5.74, 6) is 0.939. The average molecular weight is 326 g/mol. The molecule has 2 aromatic rings. The lowest BCUT2D eigenvalue weighted by atomic mass is 10.1. The van der Waals surface area contributed by atoms with Gasteiger partial charge in [0, 0.05) is 10.9 Å². The van der Waals surface area contributed by atoms with Crippen LogP contribution in [0.4, 0.5) is 0 Å². The Morgan fingerprint density at radius 1 is 1.22 bits per heavy atom. The number of nitrogens with one attached hydrogen (secondary N) is 1. The molecular formula is C14H16BrNOS. The highest BCUT2D eigenvalue weighted by molar-refractivity contribution is 9.10. The van der Waals surface area contributed by atoms with Crippen molar-refractivity contribution in [2.75, 3.05) is 6.26 Å². The second-order valence-electron chi connectivity index (χ2n) is 4.08. The molecule has 1 N–H and O–H groups in total. The van der Waals surface area contributed by atoms with Crippen LogP contribution < -0.4 is 5.32 Å². The molecule has 0 saturated heterocycles. The van der Waals surface area contributed by atoms with Gasteiger partial charge >= 0.3 is 0 Å². The topological polar surface area (TPSA) is 25.2 Å². The summed E-state index contributed by atoms with van der Waals surface area (Å²) in [4.78, 5) is 1.29. The van der Waals surface area contributed by atoms with E-state index in [0.717, 1.165) is 17.0 Å². The van der Waals surface area contributed by atoms with E-state index in [-0.39, 0.29) is 0 Å². The highest BCUT2D eigenvalue weighted by Gasteiger charge is 2.06. The largest absolute Gasteiger partial charge is 0.453 e. The molecule has 18 heavy (non-hydrogen) atoms. The lowest BCUT2D eigenvalue weighted by molar-refractivity contribution is 0.447. The van der Waals surface area contributed by atoms with E-state index in [4.69, 9.17) is 4.42 Å². The van der Waals surface area contributed by atoms with E-state index >= 15 is 0 Å². The number of halogens is 1. The Morgan fingerprint density at radius 3 is 2.50 bits per heavy atom. The molecule has 0 saturated carbocycles. The molecule has 1 aromatic carbocycles. The highest BCUT2D eigenvalue weighted by atomic mass is 79.9. The van der Waals surface area contributed by atoms with Crippen molar-refractivity contribution in [3.63, 3.8) is 0 Å². The molecule has 1 unspecified atom stereocenters. The summed E-state index contributed by atoms with van der Waals surface area (Å²) >= 11 is 5.06. The first-order chi connectivity index (χ1) is 8.69. The zero-order valence-electron chi connectivity index (χ0n) is 10.4. The van der Waals surface area contributed by atoms with Crippen molar-refractivity contribution in [1.29, 1.82) is 0 Å². The third kappa shape index (κ3) is 3.64. The van der Waals surface area contributed by atoms with Gasteiger partial charge in [-0.25, -0.2) is 0 Å². The minimum absolute atomic E-state index is 0.310. The average Bonchev–Trinajstić information content (AvgIpc) is 2.82. The maximum Gasteiger partial charge on any atom is 0.169 e. The molecule has 1 heterocycles. The van der Waals surface area contributed by atoms with Gasteiger partial charge in [0.2, 0.25) is 0 Å². The highest BCUT2D eigenvalue weighted by Crippen LogP contribution is 2.20. The summed E-state index contributed by atoms with van der Waals surface area (Å²) < 4.78 is 6.23. The smallest absolute Gasteiger partial charge is 0.169 e. The van der Waals surface area contributed by atoms with Gasteiger partial charge in [-0.2, -0.15) is 0 Å². The summed E-state index contributed by atoms with van der Waals surface area (Å²) in [6.07, 6.45) is 2.09. The van der Waals surface area contributed by atoms with E-state index in [1.54, 1.807) is 11.8 Å². The number of hydrogen-bond donors (Lipinski definition) is 1. The Hall–Kier alpha value is -0.710. The van der Waals surface area contributed by atoms with Gasteiger partial charge in [-0.1, -0.05) is 12.1 Å². The monoisotopic (exact) mass is 325 g/mol. The van der Waals surface area contributed by atoms with E-state index in [2.05, 4.69) is 58.7 Å². The minimum Gasteiger partial charge on any atom is -0.453 e. The van der Waals surface area contributed by atoms with Gasteiger partial charge in [0.1, 0.15) is 5.76 Å². The fraction of sp³-hybridized carbons (Fsp3) is 0.286. The predicted octanol–water partition coefficient (Wildman–Crippen LogP) is 4.61. The van der Waals surface area contributed by atoms with Crippen LogP contribution in [-0.2, 0) is 6.54 Å². The van der Waals surface area contributed by atoms with Crippen molar-refractivity contribution in [2.45, 2.75) is 24.4 Å². The molecule has 0 aliphatic carbocycles. The first-order valence-electron chi connectivity index (χ1n) is 5.80. The van der Waals surface area contributed by atoms with Gasteiger partial charge < -0.3 is 9.73 Å². The SMILES string of the molecule is CSc1ccc(C(C)NCc2ccc(Br)o2)cc1. The molecule has 2 rings (SSSR count). The van der Waals surface area contributed by atoms with Gasteiger partial charge in [0.15, 0.2) is 4.67 Å². The lowest BCUT2D eigenvalue weighted by Gasteiger charge is -2.13. The lowest BCUT2D eigenvalue weighted by Crippen LogP contribution is -2.17. The van der Waals surface area contributed by atoms with Gasteiger partial charge in [0.05, 0.1) is 6.54 Å². The fourth-order valence-electron chi connectivity index (χ4n) is 1.71. The van der Waals surface area contributed by atoms with Gasteiger partial charge in [-0.05, 0) is 58.9 Å². The second kappa shape index (κ2) is 6.45. The van der Waals surface area contributed by atoms with Crippen molar-refractivity contribution in [3.8, 4) is 0 Å². The summed E-state index contributed by atoms with van der Waals surface area (Å²) in [5, 5.41) is 3.44. The molecule has 2 nitrogen and oxygen atoms in total. The third-order valence-corrected chi connectivity index (χ3v) is 4.00. The van der Waals surface area contributed by atoms with Crippen LogP contribution in [0, 0.1) is 0 Å². The quantitative estimate of drug-likeness (QED) is 0.812. The molecule has 1 atom stereocenters. The van der Waals surface area contributed by atoms with Crippen molar-refractivity contribution < 1.29 is 4.42 Å². The molecule has 0 amide bonds. The molecule has 96 valence electrons. The van der Waals surface area contributed by atoms with Crippen LogP contribution in [0.5, 0.6) is 0 Å². The summed E-state index contributed by atoms with van der Waals surface area (Å²) in [7, 11) is 0. The van der Waals surface area contributed by atoms with Gasteiger partial charge in [-0.3, -0.25) is 0 Å². The molecule has 0 aliphatic heterocycles. The van der Waals surface area contributed by atoms with Crippen LogP contribution in [0.3, 0.4) is 0 Å². The normalized spacial score (nSPS) is 12.6. The van der Waals surface area contributed by atoms with Crippen molar-refractivity contribution in [2.24, 2.45) is 0 Å². The summed E-state index contributed by atoms with van der Waals surface area (Å²) in [5.41, 5.74) is 1.29. The Labute approximate surface area is 120 Å². The van der Waals surface area contributed by atoms with E-state index < -0.39 is 0 Å². The zero-order chi connectivity index (χ0) is 13.0. The number of rotatable bonds is 5. The predicted molar refractivity (Wildman–Crippen MR) is 79.9 cm³/mol. The first kappa shape index (κ1) is 13.7. The molecule has 0 spiro atoms. The van der Waals surface area contributed by atoms with Gasteiger partial charge in [0.25, 0.3) is 0 Å². The Morgan fingerprint density at radius 2 is 1.94 bits per heavy atom. The molecule has 1 aromatic heterocycles. The number of benzene rings is 1.